The van der Waals surface area contributed by atoms with Crippen molar-refractivity contribution in [2.75, 3.05) is 20.1 Å². The van der Waals surface area contributed by atoms with Crippen LogP contribution in [0.4, 0.5) is 0 Å². The van der Waals surface area contributed by atoms with E-state index < -0.39 is 0 Å². The first-order chi connectivity index (χ1) is 13.2. The smallest absolute Gasteiger partial charge is 0.220 e. The SMILES string of the molecule is CCC(CC)c1cc(CNC(=NC)NCCNC(=O)CC2CCCC2)on1. The van der Waals surface area contributed by atoms with Crippen molar-refractivity contribution in [3.8, 4) is 0 Å². The molecule has 27 heavy (non-hydrogen) atoms. The van der Waals surface area contributed by atoms with Crippen molar-refractivity contribution in [3.05, 3.63) is 17.5 Å². The molecular formula is C20H35N5O2. The van der Waals surface area contributed by atoms with E-state index in [2.05, 4.69) is 39.9 Å². The van der Waals surface area contributed by atoms with Gasteiger partial charge in [0.15, 0.2) is 11.7 Å². The molecule has 1 heterocycles. The molecule has 7 nitrogen and oxygen atoms in total. The number of aromatic nitrogens is 1. The first-order valence-corrected chi connectivity index (χ1v) is 10.3. The number of aliphatic imine (C=N–C) groups is 1. The fourth-order valence-corrected chi connectivity index (χ4v) is 3.63. The monoisotopic (exact) mass is 377 g/mol. The Labute approximate surface area is 162 Å². The molecule has 0 unspecified atom stereocenters. The number of amides is 1. The zero-order chi connectivity index (χ0) is 19.5. The van der Waals surface area contributed by atoms with Crippen LogP contribution in [0.2, 0.25) is 0 Å². The highest BCUT2D eigenvalue weighted by Gasteiger charge is 2.18. The molecule has 0 radical (unpaired) electrons. The zero-order valence-corrected chi connectivity index (χ0v) is 17.0. The van der Waals surface area contributed by atoms with Gasteiger partial charge in [0.05, 0.1) is 12.2 Å². The minimum Gasteiger partial charge on any atom is -0.359 e. The highest BCUT2D eigenvalue weighted by Crippen LogP contribution is 2.27. The lowest BCUT2D eigenvalue weighted by Gasteiger charge is -2.12. The lowest BCUT2D eigenvalue weighted by Crippen LogP contribution is -2.41. The van der Waals surface area contributed by atoms with E-state index in [0.717, 1.165) is 24.3 Å². The molecule has 0 spiro atoms. The van der Waals surface area contributed by atoms with Crippen LogP contribution in [0.15, 0.2) is 15.6 Å². The molecule has 1 fully saturated rings. The van der Waals surface area contributed by atoms with Gasteiger partial charge in [0.25, 0.3) is 0 Å². The Balaban J connectivity index is 1.63. The minimum absolute atomic E-state index is 0.155. The molecule has 1 saturated carbocycles. The molecule has 1 amide bonds. The Morgan fingerprint density at radius 2 is 1.93 bits per heavy atom. The topological polar surface area (TPSA) is 91.6 Å². The number of nitrogens with one attached hydrogen (secondary N) is 3. The van der Waals surface area contributed by atoms with E-state index in [0.29, 0.717) is 43.9 Å². The van der Waals surface area contributed by atoms with Gasteiger partial charge >= 0.3 is 0 Å². The van der Waals surface area contributed by atoms with Crippen LogP contribution >= 0.6 is 0 Å². The van der Waals surface area contributed by atoms with Crippen LogP contribution in [-0.2, 0) is 11.3 Å². The molecule has 2 rings (SSSR count). The molecule has 1 aromatic heterocycles. The molecule has 1 aromatic rings. The molecule has 0 atom stereocenters. The van der Waals surface area contributed by atoms with Gasteiger partial charge in [0.1, 0.15) is 0 Å². The second kappa shape index (κ2) is 11.6. The number of nitrogens with zero attached hydrogens (tertiary/aromatic N) is 2. The van der Waals surface area contributed by atoms with Gasteiger partial charge in [0, 0.05) is 38.5 Å². The summed E-state index contributed by atoms with van der Waals surface area (Å²) >= 11 is 0. The minimum atomic E-state index is 0.155. The van der Waals surface area contributed by atoms with Gasteiger partial charge in [-0.2, -0.15) is 0 Å². The van der Waals surface area contributed by atoms with Crippen LogP contribution in [0.25, 0.3) is 0 Å². The lowest BCUT2D eigenvalue weighted by atomic mass is 9.99. The fraction of sp³-hybridized carbons (Fsp3) is 0.750. The lowest BCUT2D eigenvalue weighted by molar-refractivity contribution is -0.121. The third-order valence-electron chi connectivity index (χ3n) is 5.32. The van der Waals surface area contributed by atoms with Crippen LogP contribution < -0.4 is 16.0 Å². The van der Waals surface area contributed by atoms with Crippen LogP contribution in [-0.4, -0.2) is 37.2 Å². The highest BCUT2D eigenvalue weighted by atomic mass is 16.5. The summed E-state index contributed by atoms with van der Waals surface area (Å²) in [5.74, 6) is 2.67. The van der Waals surface area contributed by atoms with Gasteiger partial charge in [-0.3, -0.25) is 9.79 Å². The summed E-state index contributed by atoms with van der Waals surface area (Å²) in [6, 6.07) is 2.02. The first kappa shape index (κ1) is 21.3. The molecule has 7 heteroatoms. The molecule has 152 valence electrons. The second-order valence-corrected chi connectivity index (χ2v) is 7.29. The van der Waals surface area contributed by atoms with E-state index in [1.165, 1.54) is 25.7 Å². The Morgan fingerprint density at radius 3 is 2.59 bits per heavy atom. The highest BCUT2D eigenvalue weighted by molar-refractivity contribution is 5.79. The maximum absolute atomic E-state index is 11.9. The second-order valence-electron chi connectivity index (χ2n) is 7.29. The van der Waals surface area contributed by atoms with E-state index in [1.807, 2.05) is 6.07 Å². The number of hydrogen-bond donors (Lipinski definition) is 3. The van der Waals surface area contributed by atoms with Crippen molar-refractivity contribution >= 4 is 11.9 Å². The summed E-state index contributed by atoms with van der Waals surface area (Å²) < 4.78 is 5.41. The third kappa shape index (κ3) is 7.23. The summed E-state index contributed by atoms with van der Waals surface area (Å²) in [7, 11) is 1.73. The standard InChI is InChI=1S/C20H35N5O2/c1-4-16(5-2)18-13-17(27-25-18)14-24-20(21-3)23-11-10-22-19(26)12-15-8-6-7-9-15/h13,15-16H,4-12,14H2,1-3H3,(H,22,26)(H2,21,23,24). The number of carbonyl (C=O) groups is 1. The summed E-state index contributed by atoms with van der Waals surface area (Å²) in [5, 5.41) is 13.6. The van der Waals surface area contributed by atoms with Crippen molar-refractivity contribution in [2.24, 2.45) is 10.9 Å². The van der Waals surface area contributed by atoms with Crippen molar-refractivity contribution < 1.29 is 9.32 Å². The third-order valence-corrected chi connectivity index (χ3v) is 5.32. The Morgan fingerprint density at radius 1 is 1.22 bits per heavy atom. The van der Waals surface area contributed by atoms with Crippen molar-refractivity contribution in [2.45, 2.75) is 71.3 Å². The maximum Gasteiger partial charge on any atom is 0.220 e. The normalized spacial score (nSPS) is 15.3. The molecule has 3 N–H and O–H groups in total. The van der Waals surface area contributed by atoms with Crippen molar-refractivity contribution in [3.63, 3.8) is 0 Å². The van der Waals surface area contributed by atoms with E-state index >= 15 is 0 Å². The Bertz CT molecular complexity index is 589. The van der Waals surface area contributed by atoms with Crippen LogP contribution in [0, 0.1) is 5.92 Å². The average molecular weight is 378 g/mol. The van der Waals surface area contributed by atoms with E-state index in [4.69, 9.17) is 4.52 Å². The molecular weight excluding hydrogens is 342 g/mol. The Kier molecular flexibility index (Phi) is 9.15. The largest absolute Gasteiger partial charge is 0.359 e. The average Bonchev–Trinajstić information content (AvgIpc) is 3.34. The molecule has 0 saturated heterocycles. The maximum atomic E-state index is 11.9. The first-order valence-electron chi connectivity index (χ1n) is 10.3. The molecule has 0 bridgehead atoms. The van der Waals surface area contributed by atoms with E-state index in [1.54, 1.807) is 7.05 Å². The van der Waals surface area contributed by atoms with Crippen LogP contribution in [0.3, 0.4) is 0 Å². The molecule has 0 aromatic carbocycles. The van der Waals surface area contributed by atoms with E-state index in [9.17, 15) is 4.79 Å². The van der Waals surface area contributed by atoms with Gasteiger partial charge in [0.2, 0.25) is 5.91 Å². The number of carbonyl (C=O) groups excluding carboxylic acids is 1. The van der Waals surface area contributed by atoms with Gasteiger partial charge in [-0.25, -0.2) is 0 Å². The summed E-state index contributed by atoms with van der Waals surface area (Å²) in [4.78, 5) is 16.1. The van der Waals surface area contributed by atoms with Gasteiger partial charge in [-0.1, -0.05) is 31.8 Å². The van der Waals surface area contributed by atoms with E-state index in [-0.39, 0.29) is 5.91 Å². The van der Waals surface area contributed by atoms with Crippen molar-refractivity contribution in [1.29, 1.82) is 0 Å². The molecule has 1 aliphatic rings. The molecule has 1 aliphatic carbocycles. The number of guanidine groups is 1. The zero-order valence-electron chi connectivity index (χ0n) is 17.0. The summed E-state index contributed by atoms with van der Waals surface area (Å²) in [6.45, 7) is 6.08. The van der Waals surface area contributed by atoms with Crippen molar-refractivity contribution in [1.82, 2.24) is 21.1 Å². The number of hydrogen-bond acceptors (Lipinski definition) is 4. The van der Waals surface area contributed by atoms with Crippen LogP contribution in [0.1, 0.15) is 76.2 Å². The van der Waals surface area contributed by atoms with Crippen LogP contribution in [0.5, 0.6) is 0 Å². The van der Waals surface area contributed by atoms with Gasteiger partial charge < -0.3 is 20.5 Å². The van der Waals surface area contributed by atoms with Gasteiger partial charge in [-0.15, -0.1) is 0 Å². The Hall–Kier alpha value is -2.05. The summed E-state index contributed by atoms with van der Waals surface area (Å²) in [5.41, 5.74) is 1.02. The fourth-order valence-electron chi connectivity index (χ4n) is 3.63. The summed E-state index contributed by atoms with van der Waals surface area (Å²) in [6.07, 6.45) is 7.72. The molecule has 0 aliphatic heterocycles. The predicted molar refractivity (Wildman–Crippen MR) is 108 cm³/mol. The van der Waals surface area contributed by atoms with Gasteiger partial charge in [-0.05, 0) is 31.6 Å². The quantitative estimate of drug-likeness (QED) is 0.331. The number of rotatable bonds is 10. The predicted octanol–water partition coefficient (Wildman–Crippen LogP) is 2.94.